The molecule has 2 aromatic carbocycles. The zero-order valence-corrected chi connectivity index (χ0v) is 19.2. The highest BCUT2D eigenvalue weighted by atomic mass is 32.2. The van der Waals surface area contributed by atoms with Crippen molar-refractivity contribution in [3.8, 4) is 0 Å². The Morgan fingerprint density at radius 3 is 2.31 bits per heavy atom. The number of nitrogens with one attached hydrogen (secondary N) is 1. The topological polar surface area (TPSA) is 92.8 Å². The lowest BCUT2D eigenvalue weighted by atomic mass is 9.79. The normalized spacial score (nSPS) is 15.5. The van der Waals surface area contributed by atoms with Gasteiger partial charge < -0.3 is 10.1 Å². The molecule has 32 heavy (non-hydrogen) atoms. The van der Waals surface area contributed by atoms with Crippen molar-refractivity contribution in [2.75, 3.05) is 26.0 Å². The van der Waals surface area contributed by atoms with Crippen molar-refractivity contribution in [2.24, 2.45) is 0 Å². The number of carbonyl (C=O) groups is 2. The van der Waals surface area contributed by atoms with E-state index in [4.69, 9.17) is 4.74 Å². The molecular formula is C23H27FN2O5S. The van der Waals surface area contributed by atoms with Gasteiger partial charge in [0.1, 0.15) is 5.82 Å². The lowest BCUT2D eigenvalue weighted by Gasteiger charge is -2.27. The van der Waals surface area contributed by atoms with Crippen LogP contribution in [0.1, 0.15) is 36.8 Å². The molecule has 172 valence electrons. The molecule has 0 saturated heterocycles. The minimum atomic E-state index is -3.67. The van der Waals surface area contributed by atoms with E-state index in [0.29, 0.717) is 24.0 Å². The summed E-state index contributed by atoms with van der Waals surface area (Å²) in [7, 11) is -0.814. The molecule has 0 aromatic heterocycles. The standard InChI is InChI=1S/C23H27FN2O5S/c1-16-6-11-19(14-20(16)32(29,30)26(2)3)25-21(27)15-31-22(28)23(12-4-5-13-23)17-7-9-18(24)10-8-17/h6-11,14H,4-5,12-13,15H2,1-3H3,(H,25,27). The van der Waals surface area contributed by atoms with Gasteiger partial charge in [-0.05, 0) is 55.2 Å². The highest BCUT2D eigenvalue weighted by Crippen LogP contribution is 2.42. The van der Waals surface area contributed by atoms with Gasteiger partial charge in [-0.3, -0.25) is 9.59 Å². The lowest BCUT2D eigenvalue weighted by Crippen LogP contribution is -2.36. The summed E-state index contributed by atoms with van der Waals surface area (Å²) in [6.07, 6.45) is 2.82. The molecule has 7 nitrogen and oxygen atoms in total. The maximum atomic E-state index is 13.3. The second kappa shape index (κ2) is 9.38. The number of rotatable bonds is 7. The summed E-state index contributed by atoms with van der Waals surface area (Å²) in [6, 6.07) is 10.3. The summed E-state index contributed by atoms with van der Waals surface area (Å²) in [5.41, 5.74) is 0.626. The number of nitrogens with zero attached hydrogens (tertiary/aromatic N) is 1. The van der Waals surface area contributed by atoms with Gasteiger partial charge in [0.2, 0.25) is 10.0 Å². The van der Waals surface area contributed by atoms with Crippen LogP contribution in [0.15, 0.2) is 47.4 Å². The third kappa shape index (κ3) is 4.83. The minimum Gasteiger partial charge on any atom is -0.455 e. The van der Waals surface area contributed by atoms with Crippen LogP contribution in [0.5, 0.6) is 0 Å². The first-order valence-electron chi connectivity index (χ1n) is 10.3. The van der Waals surface area contributed by atoms with E-state index in [-0.39, 0.29) is 16.4 Å². The second-order valence-electron chi connectivity index (χ2n) is 8.19. The molecule has 0 bridgehead atoms. The molecule has 0 atom stereocenters. The highest BCUT2D eigenvalue weighted by molar-refractivity contribution is 7.89. The summed E-state index contributed by atoms with van der Waals surface area (Å²) in [5.74, 6) is -1.48. The molecule has 0 unspecified atom stereocenters. The summed E-state index contributed by atoms with van der Waals surface area (Å²) in [5, 5.41) is 2.58. The van der Waals surface area contributed by atoms with E-state index in [2.05, 4.69) is 5.32 Å². The van der Waals surface area contributed by atoms with Crippen LogP contribution in [-0.2, 0) is 29.8 Å². The fraction of sp³-hybridized carbons (Fsp3) is 0.391. The second-order valence-corrected chi connectivity index (χ2v) is 10.3. The molecular weight excluding hydrogens is 435 g/mol. The first kappa shape index (κ1) is 23.9. The Hall–Kier alpha value is -2.78. The van der Waals surface area contributed by atoms with Crippen LogP contribution in [-0.4, -0.2) is 45.3 Å². The number of hydrogen-bond acceptors (Lipinski definition) is 5. The molecule has 2 aromatic rings. The lowest BCUT2D eigenvalue weighted by molar-refractivity contribution is -0.153. The number of ether oxygens (including phenoxy) is 1. The van der Waals surface area contributed by atoms with Gasteiger partial charge in [0.05, 0.1) is 10.3 Å². The number of esters is 1. The number of amides is 1. The Labute approximate surface area is 187 Å². The summed E-state index contributed by atoms with van der Waals surface area (Å²) in [6.45, 7) is 1.16. The molecule has 1 aliphatic rings. The number of hydrogen-bond donors (Lipinski definition) is 1. The zero-order valence-electron chi connectivity index (χ0n) is 18.4. The van der Waals surface area contributed by atoms with E-state index in [0.717, 1.165) is 17.1 Å². The third-order valence-corrected chi connectivity index (χ3v) is 7.77. The smallest absolute Gasteiger partial charge is 0.317 e. The summed E-state index contributed by atoms with van der Waals surface area (Å²) in [4.78, 5) is 25.4. The van der Waals surface area contributed by atoms with Crippen LogP contribution in [0, 0.1) is 12.7 Å². The van der Waals surface area contributed by atoms with Crippen molar-refractivity contribution in [1.29, 1.82) is 0 Å². The van der Waals surface area contributed by atoms with Crippen molar-refractivity contribution >= 4 is 27.6 Å². The Bertz CT molecular complexity index is 1110. The number of sulfonamides is 1. The average Bonchev–Trinajstić information content (AvgIpc) is 3.25. The SMILES string of the molecule is Cc1ccc(NC(=O)COC(=O)C2(c3ccc(F)cc3)CCCC2)cc1S(=O)(=O)N(C)C. The molecule has 1 aliphatic carbocycles. The zero-order chi connectivity index (χ0) is 23.5. The van der Waals surface area contributed by atoms with Crippen molar-refractivity contribution in [1.82, 2.24) is 4.31 Å². The van der Waals surface area contributed by atoms with Crippen LogP contribution in [0.3, 0.4) is 0 Å². The summed E-state index contributed by atoms with van der Waals surface area (Å²) >= 11 is 0. The first-order chi connectivity index (χ1) is 15.1. The van der Waals surface area contributed by atoms with Gasteiger partial charge >= 0.3 is 5.97 Å². The maximum absolute atomic E-state index is 13.3. The molecule has 1 amide bonds. The first-order valence-corrected chi connectivity index (χ1v) is 11.8. The number of aryl methyl sites for hydroxylation is 1. The predicted molar refractivity (Wildman–Crippen MR) is 118 cm³/mol. The van der Waals surface area contributed by atoms with E-state index in [1.54, 1.807) is 31.2 Å². The van der Waals surface area contributed by atoms with Crippen molar-refractivity contribution in [3.63, 3.8) is 0 Å². The van der Waals surface area contributed by atoms with Gasteiger partial charge in [-0.1, -0.05) is 31.0 Å². The van der Waals surface area contributed by atoms with E-state index >= 15 is 0 Å². The third-order valence-electron chi connectivity index (χ3n) is 5.81. The van der Waals surface area contributed by atoms with Gasteiger partial charge in [0.15, 0.2) is 6.61 Å². The number of benzene rings is 2. The van der Waals surface area contributed by atoms with Gasteiger partial charge in [0.25, 0.3) is 5.91 Å². The van der Waals surface area contributed by atoms with Gasteiger partial charge in [0, 0.05) is 19.8 Å². The molecule has 0 spiro atoms. The van der Waals surface area contributed by atoms with E-state index in [1.807, 2.05) is 0 Å². The Morgan fingerprint density at radius 2 is 1.72 bits per heavy atom. The fourth-order valence-electron chi connectivity index (χ4n) is 3.98. The van der Waals surface area contributed by atoms with Crippen LogP contribution >= 0.6 is 0 Å². The minimum absolute atomic E-state index is 0.0820. The Kier molecular flexibility index (Phi) is 7.00. The molecule has 0 aliphatic heterocycles. The summed E-state index contributed by atoms with van der Waals surface area (Å²) < 4.78 is 44.7. The molecule has 3 rings (SSSR count). The monoisotopic (exact) mass is 462 g/mol. The van der Waals surface area contributed by atoms with E-state index < -0.39 is 33.9 Å². The van der Waals surface area contributed by atoms with Crippen LogP contribution < -0.4 is 5.32 Å². The fourth-order valence-corrected chi connectivity index (χ4v) is 5.12. The number of anilines is 1. The number of halogens is 1. The van der Waals surface area contributed by atoms with Crippen LogP contribution in [0.2, 0.25) is 0 Å². The van der Waals surface area contributed by atoms with Crippen molar-refractivity contribution in [2.45, 2.75) is 42.9 Å². The Balaban J connectivity index is 1.69. The predicted octanol–water partition coefficient (Wildman–Crippen LogP) is 3.38. The number of carbonyl (C=O) groups excluding carboxylic acids is 2. The van der Waals surface area contributed by atoms with Crippen LogP contribution in [0.4, 0.5) is 10.1 Å². The Morgan fingerprint density at radius 1 is 1.09 bits per heavy atom. The van der Waals surface area contributed by atoms with Gasteiger partial charge in [-0.2, -0.15) is 0 Å². The molecule has 0 heterocycles. The molecule has 9 heteroatoms. The van der Waals surface area contributed by atoms with Crippen molar-refractivity contribution in [3.05, 3.63) is 59.4 Å². The quantitative estimate of drug-likeness (QED) is 0.637. The average molecular weight is 463 g/mol. The highest BCUT2D eigenvalue weighted by Gasteiger charge is 2.44. The van der Waals surface area contributed by atoms with Crippen LogP contribution in [0.25, 0.3) is 0 Å². The molecule has 0 radical (unpaired) electrons. The van der Waals surface area contributed by atoms with Gasteiger partial charge in [-0.15, -0.1) is 0 Å². The molecule has 1 saturated carbocycles. The largest absolute Gasteiger partial charge is 0.455 e. The maximum Gasteiger partial charge on any atom is 0.317 e. The molecule has 1 N–H and O–H groups in total. The van der Waals surface area contributed by atoms with E-state index in [9.17, 15) is 22.4 Å². The van der Waals surface area contributed by atoms with E-state index in [1.165, 1.54) is 32.3 Å². The van der Waals surface area contributed by atoms with Crippen molar-refractivity contribution < 1.29 is 27.1 Å². The molecule has 1 fully saturated rings. The van der Waals surface area contributed by atoms with Gasteiger partial charge in [-0.25, -0.2) is 17.1 Å².